The second-order valence-corrected chi connectivity index (χ2v) is 7.39. The molecule has 7 nitrogen and oxygen atoms in total. The Morgan fingerprint density at radius 1 is 1.06 bits per heavy atom. The second-order valence-electron chi connectivity index (χ2n) is 6.39. The van der Waals surface area contributed by atoms with Crippen LogP contribution in [0.5, 0.6) is 11.5 Å². The first-order chi connectivity index (χ1) is 15.0. The molecule has 0 saturated heterocycles. The quantitative estimate of drug-likeness (QED) is 0.372. The highest BCUT2D eigenvalue weighted by Crippen LogP contribution is 2.20. The fraction of sp³-hybridized carbons (Fsp3) is 0.261. The van der Waals surface area contributed by atoms with Gasteiger partial charge in [0.05, 0.1) is 29.0 Å². The van der Waals surface area contributed by atoms with Crippen LogP contribution in [0.3, 0.4) is 0 Å². The van der Waals surface area contributed by atoms with Crippen LogP contribution in [0.25, 0.3) is 10.2 Å². The summed E-state index contributed by atoms with van der Waals surface area (Å²) in [6, 6.07) is 12.3. The van der Waals surface area contributed by atoms with Crippen LogP contribution in [-0.2, 0) is 16.1 Å². The number of amides is 1. The van der Waals surface area contributed by atoms with Crippen molar-refractivity contribution in [1.82, 2.24) is 4.57 Å². The maximum absolute atomic E-state index is 12.4. The molecule has 3 rings (SSSR count). The first kappa shape index (κ1) is 22.3. The number of fused-ring (bicyclic) bond motifs is 1. The fourth-order valence-electron chi connectivity index (χ4n) is 2.89. The fourth-order valence-corrected chi connectivity index (χ4v) is 3.98. The predicted molar refractivity (Wildman–Crippen MR) is 120 cm³/mol. The van der Waals surface area contributed by atoms with Crippen molar-refractivity contribution in [1.29, 1.82) is 0 Å². The molecule has 0 saturated carbocycles. The molecule has 0 aliphatic carbocycles. The molecule has 1 aromatic heterocycles. The highest BCUT2D eigenvalue weighted by Gasteiger charge is 2.12. The summed E-state index contributed by atoms with van der Waals surface area (Å²) in [7, 11) is 0. The Kier molecular flexibility index (Phi) is 7.61. The number of benzene rings is 2. The van der Waals surface area contributed by atoms with Crippen LogP contribution < -0.4 is 14.3 Å². The topological polar surface area (TPSA) is 79.1 Å². The molecule has 3 aromatic rings. The molecule has 1 heterocycles. The summed E-state index contributed by atoms with van der Waals surface area (Å²) in [6.45, 7) is 8.63. The average Bonchev–Trinajstić information content (AvgIpc) is 3.10. The standard InChI is InChI=1S/C23H24N2O5S/c1-4-13-25-19-12-7-16(22(27)29-6-3)14-20(19)31-23(25)24-21(26)15-30-18-10-8-17(9-11-18)28-5-2/h4,7-12,14H,1,5-6,13,15H2,2-3H3. The van der Waals surface area contributed by atoms with Gasteiger partial charge in [0.15, 0.2) is 11.4 Å². The van der Waals surface area contributed by atoms with Gasteiger partial charge < -0.3 is 18.8 Å². The molecule has 0 spiro atoms. The number of aromatic nitrogens is 1. The van der Waals surface area contributed by atoms with Gasteiger partial charge in [0.1, 0.15) is 11.5 Å². The minimum Gasteiger partial charge on any atom is -0.494 e. The van der Waals surface area contributed by atoms with Gasteiger partial charge in [0, 0.05) is 6.54 Å². The minimum absolute atomic E-state index is 0.190. The van der Waals surface area contributed by atoms with E-state index in [1.165, 1.54) is 11.3 Å². The Morgan fingerprint density at radius 2 is 1.77 bits per heavy atom. The Hall–Kier alpha value is -3.39. The highest BCUT2D eigenvalue weighted by atomic mass is 32.1. The van der Waals surface area contributed by atoms with Crippen molar-refractivity contribution in [2.75, 3.05) is 19.8 Å². The molecule has 8 heteroatoms. The number of esters is 1. The van der Waals surface area contributed by atoms with Crippen molar-refractivity contribution in [3.63, 3.8) is 0 Å². The zero-order chi connectivity index (χ0) is 22.2. The molecule has 0 aliphatic rings. The van der Waals surface area contributed by atoms with E-state index in [1.54, 1.807) is 49.4 Å². The lowest BCUT2D eigenvalue weighted by Gasteiger charge is -2.06. The van der Waals surface area contributed by atoms with E-state index in [1.807, 2.05) is 17.6 Å². The van der Waals surface area contributed by atoms with Gasteiger partial charge in [-0.1, -0.05) is 17.4 Å². The van der Waals surface area contributed by atoms with Crippen molar-refractivity contribution in [2.24, 2.45) is 4.99 Å². The van der Waals surface area contributed by atoms with Gasteiger partial charge in [-0.15, -0.1) is 6.58 Å². The number of thiazole rings is 1. The summed E-state index contributed by atoms with van der Waals surface area (Å²) < 4.78 is 18.7. The smallest absolute Gasteiger partial charge is 0.338 e. The van der Waals surface area contributed by atoms with Crippen LogP contribution in [0.2, 0.25) is 0 Å². The number of carbonyl (C=O) groups is 2. The van der Waals surface area contributed by atoms with Crippen LogP contribution in [0.15, 0.2) is 60.1 Å². The van der Waals surface area contributed by atoms with Gasteiger partial charge in [-0.05, 0) is 56.3 Å². The molecular formula is C23H24N2O5S. The Bertz CT molecular complexity index is 1140. The van der Waals surface area contributed by atoms with E-state index in [2.05, 4.69) is 11.6 Å². The lowest BCUT2D eigenvalue weighted by atomic mass is 10.2. The number of hydrogen-bond acceptors (Lipinski definition) is 6. The molecule has 0 N–H and O–H groups in total. The molecule has 31 heavy (non-hydrogen) atoms. The summed E-state index contributed by atoms with van der Waals surface area (Å²) in [4.78, 5) is 29.2. The first-order valence-corrected chi connectivity index (χ1v) is 10.7. The largest absolute Gasteiger partial charge is 0.494 e. The SMILES string of the molecule is C=CCn1c(=NC(=O)COc2ccc(OCC)cc2)sc2cc(C(=O)OCC)ccc21. The third kappa shape index (κ3) is 5.61. The molecule has 0 fully saturated rings. The van der Waals surface area contributed by atoms with Crippen LogP contribution in [0.1, 0.15) is 24.2 Å². The molecule has 0 bridgehead atoms. The summed E-state index contributed by atoms with van der Waals surface area (Å²) in [5, 5.41) is 0. The zero-order valence-corrected chi connectivity index (χ0v) is 18.3. The lowest BCUT2D eigenvalue weighted by molar-refractivity contribution is -0.120. The summed E-state index contributed by atoms with van der Waals surface area (Å²) in [5.41, 5.74) is 1.31. The van der Waals surface area contributed by atoms with Gasteiger partial charge in [-0.3, -0.25) is 4.79 Å². The molecule has 0 radical (unpaired) electrons. The second kappa shape index (κ2) is 10.6. The number of nitrogens with zero attached hydrogens (tertiary/aromatic N) is 2. The molecule has 0 aliphatic heterocycles. The van der Waals surface area contributed by atoms with Gasteiger partial charge in [-0.2, -0.15) is 4.99 Å². The number of carbonyl (C=O) groups excluding carboxylic acids is 2. The molecule has 0 unspecified atom stereocenters. The van der Waals surface area contributed by atoms with Gasteiger partial charge >= 0.3 is 5.97 Å². The Balaban J connectivity index is 1.81. The van der Waals surface area contributed by atoms with E-state index in [4.69, 9.17) is 14.2 Å². The average molecular weight is 441 g/mol. The van der Waals surface area contributed by atoms with E-state index in [0.717, 1.165) is 16.0 Å². The maximum atomic E-state index is 12.4. The van der Waals surface area contributed by atoms with Crippen molar-refractivity contribution < 1.29 is 23.8 Å². The summed E-state index contributed by atoms with van der Waals surface area (Å²) >= 11 is 1.32. The van der Waals surface area contributed by atoms with E-state index in [-0.39, 0.29) is 12.6 Å². The number of allylic oxidation sites excluding steroid dienone is 1. The maximum Gasteiger partial charge on any atom is 0.338 e. The van der Waals surface area contributed by atoms with Crippen molar-refractivity contribution in [2.45, 2.75) is 20.4 Å². The predicted octanol–water partition coefficient (Wildman–Crippen LogP) is 3.97. The summed E-state index contributed by atoms with van der Waals surface area (Å²) in [5.74, 6) is 0.500. The van der Waals surface area contributed by atoms with E-state index in [9.17, 15) is 9.59 Å². The van der Waals surface area contributed by atoms with E-state index >= 15 is 0 Å². The third-order valence-corrected chi connectivity index (χ3v) is 5.26. The highest BCUT2D eigenvalue weighted by molar-refractivity contribution is 7.16. The molecular weight excluding hydrogens is 416 g/mol. The van der Waals surface area contributed by atoms with Crippen molar-refractivity contribution >= 4 is 33.4 Å². The molecule has 2 aromatic carbocycles. The van der Waals surface area contributed by atoms with Crippen LogP contribution >= 0.6 is 11.3 Å². The Labute approximate surface area is 184 Å². The Morgan fingerprint density at radius 3 is 2.42 bits per heavy atom. The number of hydrogen-bond donors (Lipinski definition) is 0. The molecule has 162 valence electrons. The van der Waals surface area contributed by atoms with Gasteiger partial charge in [0.2, 0.25) is 0 Å². The normalized spacial score (nSPS) is 11.4. The van der Waals surface area contributed by atoms with Crippen LogP contribution in [0, 0.1) is 0 Å². The van der Waals surface area contributed by atoms with Gasteiger partial charge in [-0.25, -0.2) is 4.79 Å². The van der Waals surface area contributed by atoms with Crippen molar-refractivity contribution in [3.05, 3.63) is 65.5 Å². The summed E-state index contributed by atoms with van der Waals surface area (Å²) in [6.07, 6.45) is 1.73. The first-order valence-electron chi connectivity index (χ1n) is 9.90. The third-order valence-electron chi connectivity index (χ3n) is 4.22. The van der Waals surface area contributed by atoms with Crippen LogP contribution in [0.4, 0.5) is 0 Å². The number of ether oxygens (including phenoxy) is 3. The van der Waals surface area contributed by atoms with E-state index in [0.29, 0.717) is 35.9 Å². The van der Waals surface area contributed by atoms with Crippen LogP contribution in [-0.4, -0.2) is 36.3 Å². The van der Waals surface area contributed by atoms with Gasteiger partial charge in [0.25, 0.3) is 5.91 Å². The molecule has 1 amide bonds. The lowest BCUT2D eigenvalue weighted by Crippen LogP contribution is -2.19. The number of rotatable bonds is 9. The van der Waals surface area contributed by atoms with E-state index < -0.39 is 5.91 Å². The van der Waals surface area contributed by atoms with Crippen molar-refractivity contribution in [3.8, 4) is 11.5 Å². The molecule has 0 atom stereocenters. The monoisotopic (exact) mass is 440 g/mol. The minimum atomic E-state index is -0.413. The zero-order valence-electron chi connectivity index (χ0n) is 17.5.